The zero-order valence-corrected chi connectivity index (χ0v) is 22.5. The number of benzene rings is 1. The van der Waals surface area contributed by atoms with Crippen molar-refractivity contribution in [2.75, 3.05) is 29.9 Å². The number of anilines is 3. The van der Waals surface area contributed by atoms with Crippen molar-refractivity contribution in [3.63, 3.8) is 0 Å². The summed E-state index contributed by atoms with van der Waals surface area (Å²) in [5, 5.41) is 7.31. The maximum atomic E-state index is 13.5. The van der Waals surface area contributed by atoms with Gasteiger partial charge in [0.05, 0.1) is 18.4 Å². The molecule has 11 nitrogen and oxygen atoms in total. The molecule has 40 heavy (non-hydrogen) atoms. The van der Waals surface area contributed by atoms with E-state index in [1.165, 1.54) is 11.1 Å². The Morgan fingerprint density at radius 3 is 2.90 bits per heavy atom. The van der Waals surface area contributed by atoms with Gasteiger partial charge in [-0.15, -0.1) is 0 Å². The fourth-order valence-electron chi connectivity index (χ4n) is 5.80. The molecular formula is C29H30N8O3. The molecule has 7 rings (SSSR count). The monoisotopic (exact) mass is 538 g/mol. The molecule has 3 aromatic heterocycles. The lowest BCUT2D eigenvalue weighted by molar-refractivity contribution is -0.121. The molecule has 0 spiro atoms. The van der Waals surface area contributed by atoms with E-state index in [0.717, 1.165) is 31.5 Å². The number of hydrogen-bond donors (Lipinski definition) is 2. The van der Waals surface area contributed by atoms with Crippen molar-refractivity contribution in [1.29, 1.82) is 0 Å². The molecule has 6 heterocycles. The van der Waals surface area contributed by atoms with E-state index in [2.05, 4.69) is 46.6 Å². The number of allylic oxidation sites excluding steroid dienone is 2. The summed E-state index contributed by atoms with van der Waals surface area (Å²) in [5.41, 5.74) is 4.75. The molecule has 0 aliphatic carbocycles. The van der Waals surface area contributed by atoms with Gasteiger partial charge >= 0.3 is 0 Å². The third kappa shape index (κ3) is 4.04. The largest absolute Gasteiger partial charge is 0.466 e. The summed E-state index contributed by atoms with van der Waals surface area (Å²) in [6, 6.07) is 8.16. The number of carbonyl (C=O) groups is 1. The van der Waals surface area contributed by atoms with Crippen LogP contribution in [0.1, 0.15) is 37.8 Å². The van der Waals surface area contributed by atoms with Crippen molar-refractivity contribution in [2.24, 2.45) is 0 Å². The average molecular weight is 539 g/mol. The van der Waals surface area contributed by atoms with Crippen molar-refractivity contribution in [1.82, 2.24) is 29.6 Å². The van der Waals surface area contributed by atoms with Gasteiger partial charge in [-0.25, -0.2) is 19.3 Å². The molecule has 0 fully saturated rings. The molecule has 4 aromatic rings. The summed E-state index contributed by atoms with van der Waals surface area (Å²) >= 11 is 0. The highest BCUT2D eigenvalue weighted by molar-refractivity contribution is 5.97. The van der Waals surface area contributed by atoms with Crippen LogP contribution in [0.4, 0.5) is 17.3 Å². The number of aromatic nitrogens is 5. The Labute approximate surface area is 230 Å². The molecule has 1 amide bonds. The van der Waals surface area contributed by atoms with Gasteiger partial charge in [-0.2, -0.15) is 4.98 Å². The van der Waals surface area contributed by atoms with Crippen LogP contribution >= 0.6 is 0 Å². The number of ether oxygens (including phenoxy) is 1. The Kier molecular flexibility index (Phi) is 5.70. The topological polar surface area (TPSA) is 119 Å². The third-order valence-corrected chi connectivity index (χ3v) is 7.86. The Morgan fingerprint density at radius 1 is 1.10 bits per heavy atom. The second kappa shape index (κ2) is 9.30. The van der Waals surface area contributed by atoms with E-state index in [1.54, 1.807) is 26.7 Å². The van der Waals surface area contributed by atoms with Gasteiger partial charge in [-0.1, -0.05) is 18.2 Å². The van der Waals surface area contributed by atoms with Crippen LogP contribution in [0.2, 0.25) is 0 Å². The second-order valence-electron chi connectivity index (χ2n) is 10.9. The van der Waals surface area contributed by atoms with Gasteiger partial charge in [-0.3, -0.25) is 9.59 Å². The minimum atomic E-state index is -0.202. The Balaban J connectivity index is 1.35. The van der Waals surface area contributed by atoms with Gasteiger partial charge < -0.3 is 20.3 Å². The first-order chi connectivity index (χ1) is 19.4. The Hall–Kier alpha value is -4.51. The molecule has 0 atom stereocenters. The highest BCUT2D eigenvalue weighted by Crippen LogP contribution is 2.34. The molecule has 0 unspecified atom stereocenters. The van der Waals surface area contributed by atoms with Crippen LogP contribution < -0.4 is 25.8 Å². The van der Waals surface area contributed by atoms with Gasteiger partial charge in [0.25, 0.3) is 11.5 Å². The zero-order chi connectivity index (χ0) is 27.4. The summed E-state index contributed by atoms with van der Waals surface area (Å²) in [7, 11) is 0. The SMILES string of the molecule is CC1(C)NCCc2ccc(Nc3ncc4c(=O)n5n(c4n3)-c3cnc4c(c3)N(CCCC=CC5)C(=O)CO4)cc21. The molecule has 0 saturated carbocycles. The third-order valence-electron chi connectivity index (χ3n) is 7.86. The highest BCUT2D eigenvalue weighted by Gasteiger charge is 2.29. The number of nitrogens with zero attached hydrogens (tertiary/aromatic N) is 6. The summed E-state index contributed by atoms with van der Waals surface area (Å²) in [5.74, 6) is 0.672. The van der Waals surface area contributed by atoms with Crippen molar-refractivity contribution in [3.05, 3.63) is 70.3 Å². The van der Waals surface area contributed by atoms with E-state index in [1.807, 2.05) is 24.3 Å². The summed E-state index contributed by atoms with van der Waals surface area (Å²) in [6.07, 6.45) is 9.78. The maximum absolute atomic E-state index is 13.5. The molecule has 2 N–H and O–H groups in total. The fraction of sp³-hybridized carbons (Fsp3) is 0.345. The first-order valence-electron chi connectivity index (χ1n) is 13.6. The van der Waals surface area contributed by atoms with Gasteiger partial charge in [0, 0.05) is 24.0 Å². The number of nitrogens with one attached hydrogen (secondary N) is 2. The summed E-state index contributed by atoms with van der Waals surface area (Å²) < 4.78 is 8.97. The van der Waals surface area contributed by atoms with Crippen LogP contribution in [0.5, 0.6) is 5.88 Å². The van der Waals surface area contributed by atoms with E-state index in [9.17, 15) is 9.59 Å². The molecule has 2 bridgehead atoms. The van der Waals surface area contributed by atoms with Gasteiger partial charge in [0.2, 0.25) is 11.8 Å². The number of hydrogen-bond acceptors (Lipinski definition) is 8. The highest BCUT2D eigenvalue weighted by atomic mass is 16.5. The smallest absolute Gasteiger partial charge is 0.278 e. The molecule has 204 valence electrons. The van der Waals surface area contributed by atoms with Crippen molar-refractivity contribution in [2.45, 2.75) is 45.2 Å². The van der Waals surface area contributed by atoms with E-state index >= 15 is 0 Å². The number of carbonyl (C=O) groups excluding carboxylic acids is 1. The molecule has 1 aromatic carbocycles. The lowest BCUT2D eigenvalue weighted by Gasteiger charge is -2.34. The van der Waals surface area contributed by atoms with Crippen molar-refractivity contribution < 1.29 is 9.53 Å². The standard InChI is InChI=1S/C29H30N8O3/c1-29(2)22-13-19(8-7-18(22)9-10-32-29)33-28-31-16-21-25(34-28)37-20-14-23-26(30-15-20)40-17-24(38)35(23)11-5-3-4-6-12-36(37)27(21)39/h4,6-8,13-16,32H,3,5,9-12,17H2,1-2H3,(H,31,33,34). The summed E-state index contributed by atoms with van der Waals surface area (Å²) in [6.45, 7) is 6.20. The predicted molar refractivity (Wildman–Crippen MR) is 152 cm³/mol. The van der Waals surface area contributed by atoms with Crippen LogP contribution in [-0.2, 0) is 23.3 Å². The number of amides is 1. The Bertz CT molecular complexity index is 1750. The van der Waals surface area contributed by atoms with E-state index in [-0.39, 0.29) is 23.6 Å². The van der Waals surface area contributed by atoms with Crippen LogP contribution in [0.15, 0.2) is 53.6 Å². The molecule has 11 heteroatoms. The Morgan fingerprint density at radius 2 is 2.00 bits per heavy atom. The normalized spacial score (nSPS) is 17.9. The first kappa shape index (κ1) is 24.5. The van der Waals surface area contributed by atoms with Crippen molar-refractivity contribution >= 4 is 34.3 Å². The number of pyridine rings is 1. The first-order valence-corrected chi connectivity index (χ1v) is 13.6. The minimum absolute atomic E-state index is 0.0372. The van der Waals surface area contributed by atoms with Crippen LogP contribution in [-0.4, -0.2) is 49.9 Å². The zero-order valence-electron chi connectivity index (χ0n) is 22.5. The molecule has 3 aliphatic heterocycles. The van der Waals surface area contributed by atoms with Gasteiger partial charge in [-0.05, 0) is 69.0 Å². The van der Waals surface area contributed by atoms with E-state index in [4.69, 9.17) is 9.72 Å². The average Bonchev–Trinajstić information content (AvgIpc) is 3.21. The van der Waals surface area contributed by atoms with Crippen LogP contribution in [0.3, 0.4) is 0 Å². The lowest BCUT2D eigenvalue weighted by Crippen LogP contribution is -2.42. The molecular weight excluding hydrogens is 508 g/mol. The van der Waals surface area contributed by atoms with Crippen LogP contribution in [0.25, 0.3) is 16.7 Å². The quantitative estimate of drug-likeness (QED) is 0.374. The lowest BCUT2D eigenvalue weighted by atomic mass is 9.85. The van der Waals surface area contributed by atoms with Crippen molar-refractivity contribution in [3.8, 4) is 11.6 Å². The number of fused-ring (bicyclic) bond motifs is 6. The predicted octanol–water partition coefficient (Wildman–Crippen LogP) is 3.18. The minimum Gasteiger partial charge on any atom is -0.466 e. The van der Waals surface area contributed by atoms with Gasteiger partial charge in [0.15, 0.2) is 12.3 Å². The number of rotatable bonds is 2. The second-order valence-corrected chi connectivity index (χ2v) is 10.9. The van der Waals surface area contributed by atoms with Gasteiger partial charge in [0.1, 0.15) is 11.1 Å². The molecule has 3 aliphatic rings. The van der Waals surface area contributed by atoms with E-state index < -0.39 is 0 Å². The van der Waals surface area contributed by atoms with E-state index in [0.29, 0.717) is 47.3 Å². The summed E-state index contributed by atoms with van der Waals surface area (Å²) in [4.78, 5) is 41.7. The maximum Gasteiger partial charge on any atom is 0.278 e. The fourth-order valence-corrected chi connectivity index (χ4v) is 5.80. The molecule has 0 radical (unpaired) electrons. The van der Waals surface area contributed by atoms with Crippen LogP contribution in [0, 0.1) is 0 Å². The molecule has 0 saturated heterocycles.